The minimum absolute atomic E-state index is 0.244. The quantitative estimate of drug-likeness (QED) is 0.568. The molecule has 0 aromatic heterocycles. The second-order valence-electron chi connectivity index (χ2n) is 7.91. The van der Waals surface area contributed by atoms with Crippen molar-refractivity contribution in [1.82, 2.24) is 9.80 Å². The van der Waals surface area contributed by atoms with Gasteiger partial charge in [-0.3, -0.25) is 4.90 Å². The SMILES string of the molecule is Cc1ccc(B(O)O)cc1OCCCN1CCN(C(=O)OC(C)(C)C)CC1. The van der Waals surface area contributed by atoms with E-state index in [0.29, 0.717) is 30.9 Å². The van der Waals surface area contributed by atoms with Crippen LogP contribution < -0.4 is 10.2 Å². The summed E-state index contributed by atoms with van der Waals surface area (Å²) in [6.45, 7) is 12.0. The highest BCUT2D eigenvalue weighted by molar-refractivity contribution is 6.58. The van der Waals surface area contributed by atoms with Gasteiger partial charge in [0.2, 0.25) is 0 Å². The predicted octanol–water partition coefficient (Wildman–Crippen LogP) is 0.996. The summed E-state index contributed by atoms with van der Waals surface area (Å²) in [5.41, 5.74) is 0.923. The molecule has 2 rings (SSSR count). The van der Waals surface area contributed by atoms with Crippen molar-refractivity contribution < 1.29 is 24.3 Å². The van der Waals surface area contributed by atoms with Crippen LogP contribution in [0.1, 0.15) is 32.8 Å². The van der Waals surface area contributed by atoms with E-state index in [1.54, 1.807) is 17.0 Å². The van der Waals surface area contributed by atoms with Crippen molar-refractivity contribution in [1.29, 1.82) is 0 Å². The molecule has 1 aromatic carbocycles. The fourth-order valence-electron chi connectivity index (χ4n) is 2.88. The highest BCUT2D eigenvalue weighted by Crippen LogP contribution is 2.16. The Balaban J connectivity index is 1.69. The molecule has 0 aliphatic carbocycles. The average Bonchev–Trinajstić information content (AvgIpc) is 2.59. The topological polar surface area (TPSA) is 82.5 Å². The summed E-state index contributed by atoms with van der Waals surface area (Å²) in [5, 5.41) is 18.5. The molecule has 1 fully saturated rings. The molecule has 1 aliphatic rings. The fraction of sp³-hybridized carbons (Fsp3) is 0.632. The van der Waals surface area contributed by atoms with Gasteiger partial charge in [0.15, 0.2) is 0 Å². The van der Waals surface area contributed by atoms with E-state index >= 15 is 0 Å². The van der Waals surface area contributed by atoms with E-state index in [-0.39, 0.29) is 6.09 Å². The third-order valence-electron chi connectivity index (χ3n) is 4.41. The monoisotopic (exact) mass is 378 g/mol. The van der Waals surface area contributed by atoms with Gasteiger partial charge in [-0.15, -0.1) is 0 Å². The van der Waals surface area contributed by atoms with Crippen molar-refractivity contribution >= 4 is 18.7 Å². The van der Waals surface area contributed by atoms with Gasteiger partial charge in [-0.1, -0.05) is 12.1 Å². The van der Waals surface area contributed by atoms with E-state index in [1.165, 1.54) is 0 Å². The van der Waals surface area contributed by atoms with E-state index < -0.39 is 12.7 Å². The lowest BCUT2D eigenvalue weighted by molar-refractivity contribution is 0.0142. The first kappa shape index (κ1) is 21.5. The highest BCUT2D eigenvalue weighted by atomic mass is 16.6. The molecule has 1 amide bonds. The Bertz CT molecular complexity index is 625. The second-order valence-corrected chi connectivity index (χ2v) is 7.91. The first-order valence-corrected chi connectivity index (χ1v) is 9.45. The van der Waals surface area contributed by atoms with Crippen LogP contribution in [0.3, 0.4) is 0 Å². The molecule has 0 atom stereocenters. The molecule has 8 heteroatoms. The summed E-state index contributed by atoms with van der Waals surface area (Å²) in [7, 11) is -1.49. The Kier molecular flexibility index (Phi) is 7.53. The van der Waals surface area contributed by atoms with Gasteiger partial charge in [0.1, 0.15) is 11.4 Å². The van der Waals surface area contributed by atoms with Crippen LogP contribution in [0, 0.1) is 6.92 Å². The Morgan fingerprint density at radius 1 is 1.19 bits per heavy atom. The summed E-state index contributed by atoms with van der Waals surface area (Å²) in [6, 6.07) is 5.16. The number of benzene rings is 1. The van der Waals surface area contributed by atoms with E-state index in [2.05, 4.69) is 4.90 Å². The molecule has 0 spiro atoms. The molecule has 0 saturated carbocycles. The Morgan fingerprint density at radius 3 is 2.44 bits per heavy atom. The van der Waals surface area contributed by atoms with Gasteiger partial charge in [0.05, 0.1) is 6.61 Å². The van der Waals surface area contributed by atoms with Crippen molar-refractivity contribution in [3.05, 3.63) is 23.8 Å². The van der Waals surface area contributed by atoms with Crippen LogP contribution in [-0.4, -0.2) is 78.0 Å². The zero-order valence-corrected chi connectivity index (χ0v) is 16.8. The van der Waals surface area contributed by atoms with Crippen LogP contribution >= 0.6 is 0 Å². The van der Waals surface area contributed by atoms with Gasteiger partial charge in [-0.2, -0.15) is 0 Å². The van der Waals surface area contributed by atoms with Gasteiger partial charge in [0, 0.05) is 32.7 Å². The van der Waals surface area contributed by atoms with Crippen molar-refractivity contribution in [2.45, 2.75) is 39.7 Å². The molecule has 7 nitrogen and oxygen atoms in total. The third kappa shape index (κ3) is 7.05. The molecule has 2 N–H and O–H groups in total. The van der Waals surface area contributed by atoms with E-state index in [4.69, 9.17) is 9.47 Å². The van der Waals surface area contributed by atoms with Crippen LogP contribution in [-0.2, 0) is 4.74 Å². The molecule has 1 heterocycles. The molecule has 1 saturated heterocycles. The number of ether oxygens (including phenoxy) is 2. The lowest BCUT2D eigenvalue weighted by Gasteiger charge is -2.35. The van der Waals surface area contributed by atoms with Crippen LogP contribution in [0.2, 0.25) is 0 Å². The largest absolute Gasteiger partial charge is 0.493 e. The highest BCUT2D eigenvalue weighted by Gasteiger charge is 2.25. The standard InChI is InChI=1S/C19H31BN2O5/c1-15-6-7-16(20(24)25)14-17(15)26-13-5-8-21-9-11-22(12-10-21)18(23)27-19(2,3)4/h6-7,14,24-25H,5,8-13H2,1-4H3. The number of aryl methyl sites for hydroxylation is 1. The number of hydrogen-bond donors (Lipinski definition) is 2. The molecule has 0 unspecified atom stereocenters. The van der Waals surface area contributed by atoms with Crippen LogP contribution in [0.4, 0.5) is 4.79 Å². The summed E-state index contributed by atoms with van der Waals surface area (Å²) < 4.78 is 11.2. The lowest BCUT2D eigenvalue weighted by Crippen LogP contribution is -2.50. The lowest BCUT2D eigenvalue weighted by atomic mass is 9.80. The summed E-state index contributed by atoms with van der Waals surface area (Å²) in [6.07, 6.45) is 0.615. The van der Waals surface area contributed by atoms with Gasteiger partial charge in [-0.05, 0) is 51.2 Å². The maximum absolute atomic E-state index is 12.1. The first-order chi connectivity index (χ1) is 12.7. The van der Waals surface area contributed by atoms with Crippen LogP contribution in [0.15, 0.2) is 18.2 Å². The number of nitrogens with zero attached hydrogens (tertiary/aromatic N) is 2. The molecule has 0 radical (unpaired) electrons. The summed E-state index contributed by atoms with van der Waals surface area (Å²) in [5.74, 6) is 0.676. The number of hydrogen-bond acceptors (Lipinski definition) is 6. The van der Waals surface area contributed by atoms with Crippen molar-refractivity contribution in [3.63, 3.8) is 0 Å². The van der Waals surface area contributed by atoms with Crippen molar-refractivity contribution in [2.24, 2.45) is 0 Å². The van der Waals surface area contributed by atoms with Gasteiger partial charge >= 0.3 is 13.2 Å². The maximum atomic E-state index is 12.1. The molecule has 27 heavy (non-hydrogen) atoms. The van der Waals surface area contributed by atoms with E-state index in [0.717, 1.165) is 31.6 Å². The number of amides is 1. The summed E-state index contributed by atoms with van der Waals surface area (Å²) in [4.78, 5) is 16.1. The van der Waals surface area contributed by atoms with Crippen LogP contribution in [0.5, 0.6) is 5.75 Å². The predicted molar refractivity (Wildman–Crippen MR) is 105 cm³/mol. The van der Waals surface area contributed by atoms with E-state index in [9.17, 15) is 14.8 Å². The normalized spacial score (nSPS) is 15.6. The zero-order chi connectivity index (χ0) is 20.0. The minimum atomic E-state index is -1.49. The van der Waals surface area contributed by atoms with E-state index in [1.807, 2.05) is 33.8 Å². The Hall–Kier alpha value is -1.77. The Morgan fingerprint density at radius 2 is 1.85 bits per heavy atom. The van der Waals surface area contributed by atoms with Gasteiger partial charge in [0.25, 0.3) is 0 Å². The third-order valence-corrected chi connectivity index (χ3v) is 4.41. The molecule has 0 bridgehead atoms. The number of rotatable bonds is 6. The van der Waals surface area contributed by atoms with Crippen molar-refractivity contribution in [3.8, 4) is 5.75 Å². The first-order valence-electron chi connectivity index (χ1n) is 9.45. The molecule has 150 valence electrons. The number of carbonyl (C=O) groups is 1. The summed E-state index contributed by atoms with van der Waals surface area (Å²) >= 11 is 0. The zero-order valence-electron chi connectivity index (χ0n) is 16.8. The van der Waals surface area contributed by atoms with Gasteiger partial charge in [-0.25, -0.2) is 4.79 Å². The molecule has 1 aromatic rings. The average molecular weight is 378 g/mol. The van der Waals surface area contributed by atoms with Crippen molar-refractivity contribution in [2.75, 3.05) is 39.3 Å². The van der Waals surface area contributed by atoms with Crippen LogP contribution in [0.25, 0.3) is 0 Å². The smallest absolute Gasteiger partial charge is 0.488 e. The minimum Gasteiger partial charge on any atom is -0.493 e. The molecular weight excluding hydrogens is 347 g/mol. The van der Waals surface area contributed by atoms with Gasteiger partial charge < -0.3 is 24.4 Å². The fourth-order valence-corrected chi connectivity index (χ4v) is 2.88. The molecule has 1 aliphatic heterocycles. The number of piperazine rings is 1. The maximum Gasteiger partial charge on any atom is 0.488 e. The molecular formula is C19H31BN2O5. The number of carbonyl (C=O) groups excluding carboxylic acids is 1. The Labute approximate surface area is 162 Å². The second kappa shape index (κ2) is 9.44.